The van der Waals surface area contributed by atoms with Crippen LogP contribution in [0.15, 0.2) is 30.3 Å². The van der Waals surface area contributed by atoms with Gasteiger partial charge in [-0.2, -0.15) is 0 Å². The van der Waals surface area contributed by atoms with Gasteiger partial charge in [-0.15, -0.1) is 0 Å². The first-order valence-electron chi connectivity index (χ1n) is 7.08. The standard InChI is InChI=1S/C16H22N2OS/c1-16(2,12-6-4-3-5-7-12)15(19)18(13-8-9-13)11-10-14(17)20/h3-7,13H,8-11H2,1-2H3,(H2,17,20). The first-order valence-corrected chi connectivity index (χ1v) is 7.48. The number of amides is 1. The second-order valence-electron chi connectivity index (χ2n) is 5.94. The van der Waals surface area contributed by atoms with Crippen LogP contribution in [0.25, 0.3) is 0 Å². The van der Waals surface area contributed by atoms with Gasteiger partial charge in [-0.1, -0.05) is 42.5 Å². The van der Waals surface area contributed by atoms with E-state index in [9.17, 15) is 4.79 Å². The maximum Gasteiger partial charge on any atom is 0.232 e. The molecule has 4 heteroatoms. The number of hydrogen-bond donors (Lipinski definition) is 1. The summed E-state index contributed by atoms with van der Waals surface area (Å²) >= 11 is 4.93. The number of carbonyl (C=O) groups excluding carboxylic acids is 1. The molecule has 1 aliphatic carbocycles. The lowest BCUT2D eigenvalue weighted by molar-refractivity contribution is -0.136. The van der Waals surface area contributed by atoms with Gasteiger partial charge in [0.2, 0.25) is 5.91 Å². The lowest BCUT2D eigenvalue weighted by atomic mass is 9.83. The molecule has 3 nitrogen and oxygen atoms in total. The van der Waals surface area contributed by atoms with Crippen molar-refractivity contribution in [3.63, 3.8) is 0 Å². The zero-order valence-electron chi connectivity index (χ0n) is 12.1. The Bertz CT molecular complexity index is 494. The lowest BCUT2D eigenvalue weighted by Crippen LogP contribution is -2.45. The van der Waals surface area contributed by atoms with Crippen LogP contribution >= 0.6 is 12.2 Å². The summed E-state index contributed by atoms with van der Waals surface area (Å²) < 4.78 is 0. The molecule has 1 aromatic rings. The van der Waals surface area contributed by atoms with E-state index in [1.807, 2.05) is 49.1 Å². The number of carbonyl (C=O) groups is 1. The van der Waals surface area contributed by atoms with Gasteiger partial charge in [0.05, 0.1) is 10.4 Å². The minimum Gasteiger partial charge on any atom is -0.393 e. The normalized spacial score (nSPS) is 14.9. The third kappa shape index (κ3) is 3.37. The Morgan fingerprint density at radius 1 is 1.35 bits per heavy atom. The van der Waals surface area contributed by atoms with Crippen molar-refractivity contribution in [2.75, 3.05) is 6.54 Å². The molecular weight excluding hydrogens is 268 g/mol. The largest absolute Gasteiger partial charge is 0.393 e. The van der Waals surface area contributed by atoms with E-state index in [1.165, 1.54) is 0 Å². The Kier molecular flexibility index (Phi) is 4.43. The summed E-state index contributed by atoms with van der Waals surface area (Å²) in [7, 11) is 0. The molecule has 0 aliphatic heterocycles. The van der Waals surface area contributed by atoms with E-state index in [4.69, 9.17) is 18.0 Å². The van der Waals surface area contributed by atoms with E-state index in [0.717, 1.165) is 18.4 Å². The minimum atomic E-state index is -0.514. The van der Waals surface area contributed by atoms with Crippen LogP contribution in [-0.4, -0.2) is 28.4 Å². The monoisotopic (exact) mass is 290 g/mol. The molecule has 0 saturated heterocycles. The van der Waals surface area contributed by atoms with Crippen LogP contribution in [0, 0.1) is 0 Å². The summed E-state index contributed by atoms with van der Waals surface area (Å²) in [5.41, 5.74) is 6.11. The van der Waals surface area contributed by atoms with Crippen LogP contribution in [0.2, 0.25) is 0 Å². The van der Waals surface area contributed by atoms with Crippen LogP contribution in [-0.2, 0) is 10.2 Å². The molecule has 1 saturated carbocycles. The minimum absolute atomic E-state index is 0.169. The van der Waals surface area contributed by atoms with Crippen molar-refractivity contribution in [3.8, 4) is 0 Å². The molecular formula is C16H22N2OS. The molecule has 0 heterocycles. The van der Waals surface area contributed by atoms with Gasteiger partial charge < -0.3 is 10.6 Å². The van der Waals surface area contributed by atoms with E-state index >= 15 is 0 Å². The molecule has 20 heavy (non-hydrogen) atoms. The smallest absolute Gasteiger partial charge is 0.232 e. The molecule has 2 N–H and O–H groups in total. The molecule has 108 valence electrons. The van der Waals surface area contributed by atoms with Crippen molar-refractivity contribution < 1.29 is 4.79 Å². The second-order valence-corrected chi connectivity index (χ2v) is 6.46. The van der Waals surface area contributed by atoms with Crippen molar-refractivity contribution in [3.05, 3.63) is 35.9 Å². The zero-order valence-corrected chi connectivity index (χ0v) is 13.0. The fraction of sp³-hybridized carbons (Fsp3) is 0.500. The van der Waals surface area contributed by atoms with Crippen molar-refractivity contribution in [1.29, 1.82) is 0 Å². The average molecular weight is 290 g/mol. The van der Waals surface area contributed by atoms with Gasteiger partial charge in [-0.3, -0.25) is 4.79 Å². The van der Waals surface area contributed by atoms with Crippen LogP contribution < -0.4 is 5.73 Å². The third-order valence-electron chi connectivity index (χ3n) is 3.88. The number of thiocarbonyl (C=S) groups is 1. The number of benzene rings is 1. The van der Waals surface area contributed by atoms with E-state index < -0.39 is 5.41 Å². The quantitative estimate of drug-likeness (QED) is 0.819. The van der Waals surface area contributed by atoms with Gasteiger partial charge >= 0.3 is 0 Å². The Balaban J connectivity index is 2.16. The summed E-state index contributed by atoms with van der Waals surface area (Å²) in [5.74, 6) is 0.169. The Labute approximate surface area is 126 Å². The molecule has 0 spiro atoms. The van der Waals surface area contributed by atoms with Gasteiger partial charge in [0.25, 0.3) is 0 Å². The summed E-state index contributed by atoms with van der Waals surface area (Å²) in [6.45, 7) is 4.61. The topological polar surface area (TPSA) is 46.3 Å². The Morgan fingerprint density at radius 3 is 2.45 bits per heavy atom. The number of rotatable bonds is 6. The summed E-state index contributed by atoms with van der Waals surface area (Å²) in [5, 5.41) is 0. The number of hydrogen-bond acceptors (Lipinski definition) is 2. The molecule has 0 atom stereocenters. The van der Waals surface area contributed by atoms with Gasteiger partial charge in [0.1, 0.15) is 0 Å². The van der Waals surface area contributed by atoms with Gasteiger partial charge in [0.15, 0.2) is 0 Å². The van der Waals surface area contributed by atoms with Crippen molar-refractivity contribution in [2.45, 2.75) is 44.6 Å². The Hall–Kier alpha value is -1.42. The highest BCUT2D eigenvalue weighted by Crippen LogP contribution is 2.33. The van der Waals surface area contributed by atoms with Crippen LogP contribution in [0.5, 0.6) is 0 Å². The van der Waals surface area contributed by atoms with Gasteiger partial charge in [0, 0.05) is 19.0 Å². The molecule has 1 amide bonds. The molecule has 1 fully saturated rings. The van der Waals surface area contributed by atoms with Crippen LogP contribution in [0.1, 0.15) is 38.7 Å². The van der Waals surface area contributed by atoms with Gasteiger partial charge in [-0.05, 0) is 32.3 Å². The van der Waals surface area contributed by atoms with Crippen molar-refractivity contribution in [2.24, 2.45) is 5.73 Å². The SMILES string of the molecule is CC(C)(C(=O)N(CCC(N)=S)C1CC1)c1ccccc1. The summed E-state index contributed by atoms with van der Waals surface area (Å²) in [6.07, 6.45) is 2.78. The Morgan fingerprint density at radius 2 is 1.95 bits per heavy atom. The molecule has 1 aromatic carbocycles. The first-order chi connectivity index (χ1) is 9.43. The molecule has 0 bridgehead atoms. The van der Waals surface area contributed by atoms with E-state index in [-0.39, 0.29) is 5.91 Å². The number of nitrogens with two attached hydrogens (primary N) is 1. The molecule has 0 aromatic heterocycles. The average Bonchev–Trinajstić information content (AvgIpc) is 3.24. The number of nitrogens with zero attached hydrogens (tertiary/aromatic N) is 1. The maximum absolute atomic E-state index is 12.9. The van der Waals surface area contributed by atoms with Crippen LogP contribution in [0.3, 0.4) is 0 Å². The predicted molar refractivity (Wildman–Crippen MR) is 85.6 cm³/mol. The highest BCUT2D eigenvalue weighted by Gasteiger charge is 2.40. The zero-order chi connectivity index (χ0) is 14.8. The van der Waals surface area contributed by atoms with E-state index in [1.54, 1.807) is 0 Å². The van der Waals surface area contributed by atoms with Gasteiger partial charge in [-0.25, -0.2) is 0 Å². The summed E-state index contributed by atoms with van der Waals surface area (Å²) in [4.78, 5) is 15.3. The summed E-state index contributed by atoms with van der Waals surface area (Å²) in [6, 6.07) is 10.3. The van der Waals surface area contributed by atoms with E-state index in [0.29, 0.717) is 24.0 Å². The molecule has 0 unspecified atom stereocenters. The molecule has 2 rings (SSSR count). The maximum atomic E-state index is 12.9. The lowest BCUT2D eigenvalue weighted by Gasteiger charge is -2.32. The van der Waals surface area contributed by atoms with E-state index in [2.05, 4.69) is 0 Å². The molecule has 1 aliphatic rings. The first kappa shape index (κ1) is 15.0. The second kappa shape index (κ2) is 5.92. The fourth-order valence-electron chi connectivity index (χ4n) is 2.40. The highest BCUT2D eigenvalue weighted by molar-refractivity contribution is 7.80. The third-order valence-corrected chi connectivity index (χ3v) is 4.08. The fourth-order valence-corrected chi connectivity index (χ4v) is 2.50. The predicted octanol–water partition coefficient (Wildman–Crippen LogP) is 2.63. The molecule has 0 radical (unpaired) electrons. The van der Waals surface area contributed by atoms with Crippen LogP contribution in [0.4, 0.5) is 0 Å². The highest BCUT2D eigenvalue weighted by atomic mass is 32.1. The van der Waals surface area contributed by atoms with Crippen molar-refractivity contribution >= 4 is 23.1 Å². The van der Waals surface area contributed by atoms with Crippen molar-refractivity contribution in [1.82, 2.24) is 4.90 Å².